The molecule has 14 heteroatoms. The Labute approximate surface area is 260 Å². The summed E-state index contributed by atoms with van der Waals surface area (Å²) in [5.41, 5.74) is 1.18. The lowest BCUT2D eigenvalue weighted by Crippen LogP contribution is -2.53. The van der Waals surface area contributed by atoms with E-state index in [0.717, 1.165) is 42.6 Å². The molecule has 234 valence electrons. The molecular formula is C30H36N6O6S2. The van der Waals surface area contributed by atoms with Gasteiger partial charge in [-0.3, -0.25) is 19.4 Å². The average Bonchev–Trinajstić information content (AvgIpc) is 3.32. The molecule has 1 aliphatic carbocycles. The van der Waals surface area contributed by atoms with Crippen LogP contribution in [0.25, 0.3) is 10.7 Å². The molecule has 3 aromatic rings. The number of pyridine rings is 2. The van der Waals surface area contributed by atoms with Crippen LogP contribution in [-0.4, -0.2) is 65.5 Å². The lowest BCUT2D eigenvalue weighted by atomic mass is 9.84. The molecule has 0 radical (unpaired) electrons. The van der Waals surface area contributed by atoms with Crippen LogP contribution in [0.2, 0.25) is 0 Å². The maximum absolute atomic E-state index is 13.7. The minimum Gasteiger partial charge on any atom is -0.618 e. The first-order valence-electron chi connectivity index (χ1n) is 14.8. The van der Waals surface area contributed by atoms with Crippen molar-refractivity contribution in [2.75, 3.05) is 13.1 Å². The number of nitrogens with one attached hydrogen (secondary N) is 2. The SMILES string of the molecule is Cc1nc(-c2ccccn2)sc1C(=O)NC(CC1CCCCC1)C(=O)N[C@H]1CCCN(S(=O)(=O)c2cccc[n+]2[O-])CC1=O. The van der Waals surface area contributed by atoms with E-state index in [4.69, 9.17) is 0 Å². The van der Waals surface area contributed by atoms with Crippen LogP contribution in [-0.2, 0) is 19.6 Å². The van der Waals surface area contributed by atoms with E-state index < -0.39 is 51.3 Å². The van der Waals surface area contributed by atoms with Gasteiger partial charge in [-0.1, -0.05) is 38.2 Å². The van der Waals surface area contributed by atoms with Crippen LogP contribution in [0.4, 0.5) is 0 Å². The number of aryl methyl sites for hydroxylation is 1. The molecule has 1 aliphatic heterocycles. The summed E-state index contributed by atoms with van der Waals surface area (Å²) in [6, 6.07) is 7.70. The smallest absolute Gasteiger partial charge is 0.323 e. The highest BCUT2D eigenvalue weighted by molar-refractivity contribution is 7.89. The molecule has 12 nitrogen and oxygen atoms in total. The predicted octanol–water partition coefficient (Wildman–Crippen LogP) is 2.75. The molecule has 3 aromatic heterocycles. The van der Waals surface area contributed by atoms with E-state index in [-0.39, 0.29) is 23.6 Å². The molecule has 2 amide bonds. The molecule has 5 rings (SSSR count). The second-order valence-corrected chi connectivity index (χ2v) is 14.2. The zero-order chi connectivity index (χ0) is 31.3. The number of carbonyl (C=O) groups is 3. The Kier molecular flexibility index (Phi) is 10.0. The Morgan fingerprint density at radius 1 is 1.11 bits per heavy atom. The van der Waals surface area contributed by atoms with Gasteiger partial charge in [-0.2, -0.15) is 9.04 Å². The number of hydrogen-bond acceptors (Lipinski definition) is 9. The molecule has 1 saturated carbocycles. The molecular weight excluding hydrogens is 605 g/mol. The Bertz CT molecular complexity index is 1610. The van der Waals surface area contributed by atoms with Gasteiger partial charge in [-0.05, 0) is 50.3 Å². The van der Waals surface area contributed by atoms with E-state index in [9.17, 15) is 28.0 Å². The number of hydrogen-bond donors (Lipinski definition) is 2. The number of ketones is 1. The summed E-state index contributed by atoms with van der Waals surface area (Å²) < 4.78 is 27.5. The molecule has 2 aliphatic rings. The van der Waals surface area contributed by atoms with Crippen LogP contribution < -0.4 is 15.4 Å². The van der Waals surface area contributed by atoms with Crippen LogP contribution in [0.1, 0.15) is 66.7 Å². The highest BCUT2D eigenvalue weighted by Crippen LogP contribution is 2.29. The Morgan fingerprint density at radius 2 is 1.89 bits per heavy atom. The van der Waals surface area contributed by atoms with Gasteiger partial charge in [0, 0.05) is 24.9 Å². The van der Waals surface area contributed by atoms with E-state index >= 15 is 0 Å². The normalized spacial score (nSPS) is 19.2. The van der Waals surface area contributed by atoms with Crippen molar-refractivity contribution in [3.05, 3.63) is 64.6 Å². The van der Waals surface area contributed by atoms with Crippen molar-refractivity contribution in [1.29, 1.82) is 0 Å². The maximum atomic E-state index is 13.7. The van der Waals surface area contributed by atoms with E-state index in [1.165, 1.54) is 29.5 Å². The second-order valence-electron chi connectivity index (χ2n) is 11.3. The van der Waals surface area contributed by atoms with Crippen LogP contribution in [0.5, 0.6) is 0 Å². The van der Waals surface area contributed by atoms with Crippen molar-refractivity contribution in [2.45, 2.75) is 75.4 Å². The van der Waals surface area contributed by atoms with Gasteiger partial charge >= 0.3 is 15.0 Å². The summed E-state index contributed by atoms with van der Waals surface area (Å²) >= 11 is 1.20. The van der Waals surface area contributed by atoms with E-state index in [1.807, 2.05) is 12.1 Å². The van der Waals surface area contributed by atoms with Crippen molar-refractivity contribution in [3.63, 3.8) is 0 Å². The molecule has 4 heterocycles. The number of amides is 2. The lowest BCUT2D eigenvalue weighted by Gasteiger charge is -2.27. The number of thiazole rings is 1. The maximum Gasteiger partial charge on any atom is 0.323 e. The molecule has 44 heavy (non-hydrogen) atoms. The van der Waals surface area contributed by atoms with E-state index in [2.05, 4.69) is 20.6 Å². The molecule has 2 N–H and O–H groups in total. The standard InChI is InChI=1S/C30H36N6O6S2/c1-20-27(43-30(32-20)23-12-5-7-15-31-23)29(39)34-24(18-21-10-3-2-4-11-21)28(38)33-22-13-9-16-35(19-25(22)37)44(41,42)26-14-6-8-17-36(26)40/h5-8,12,14-15,17,21-22,24H,2-4,9-11,13,16,18-19H2,1H3,(H,33,38)(H,34,39)/t22-,24?/m0/s1. The third kappa shape index (κ3) is 7.30. The number of carbonyl (C=O) groups excluding carboxylic acids is 3. The summed E-state index contributed by atoms with van der Waals surface area (Å²) in [5, 5.41) is 18.0. The van der Waals surface area contributed by atoms with Gasteiger partial charge in [0.25, 0.3) is 5.91 Å². The van der Waals surface area contributed by atoms with E-state index in [0.29, 0.717) is 34.1 Å². The first kappa shape index (κ1) is 31.7. The van der Waals surface area contributed by atoms with Crippen molar-refractivity contribution < 1.29 is 27.5 Å². The van der Waals surface area contributed by atoms with Gasteiger partial charge in [-0.15, -0.1) is 11.3 Å². The monoisotopic (exact) mass is 640 g/mol. The van der Waals surface area contributed by atoms with Gasteiger partial charge < -0.3 is 15.8 Å². The van der Waals surface area contributed by atoms with Crippen LogP contribution in [0.15, 0.2) is 53.8 Å². The second kappa shape index (κ2) is 13.9. The predicted molar refractivity (Wildman–Crippen MR) is 163 cm³/mol. The number of sulfonamides is 1. The van der Waals surface area contributed by atoms with Gasteiger partial charge in [0.1, 0.15) is 15.9 Å². The fourth-order valence-electron chi connectivity index (χ4n) is 5.79. The molecule has 0 aromatic carbocycles. The van der Waals surface area contributed by atoms with Crippen LogP contribution in [0, 0.1) is 18.0 Å². The topological polar surface area (TPSA) is 165 Å². The van der Waals surface area contributed by atoms with Crippen LogP contribution >= 0.6 is 11.3 Å². The van der Waals surface area contributed by atoms with Crippen molar-refractivity contribution in [3.8, 4) is 10.7 Å². The molecule has 1 unspecified atom stereocenters. The molecule has 2 atom stereocenters. The minimum atomic E-state index is -4.22. The Balaban J connectivity index is 1.30. The zero-order valence-corrected chi connectivity index (χ0v) is 26.1. The highest BCUT2D eigenvalue weighted by atomic mass is 32.2. The first-order chi connectivity index (χ1) is 21.1. The molecule has 2 fully saturated rings. The number of nitrogens with zero attached hydrogens (tertiary/aromatic N) is 4. The lowest BCUT2D eigenvalue weighted by molar-refractivity contribution is -0.646. The zero-order valence-electron chi connectivity index (χ0n) is 24.5. The number of Topliss-reactive ketones (excluding diaryl/α,β-unsaturated/α-hetero) is 1. The largest absolute Gasteiger partial charge is 0.618 e. The summed E-state index contributed by atoms with van der Waals surface area (Å²) in [6.07, 6.45) is 8.88. The van der Waals surface area contributed by atoms with E-state index in [1.54, 1.807) is 19.2 Å². The summed E-state index contributed by atoms with van der Waals surface area (Å²) in [4.78, 5) is 49.6. The van der Waals surface area contributed by atoms with Crippen molar-refractivity contribution in [1.82, 2.24) is 24.9 Å². The fourth-order valence-corrected chi connectivity index (χ4v) is 8.20. The third-order valence-corrected chi connectivity index (χ3v) is 11.1. The third-order valence-electron chi connectivity index (χ3n) is 8.13. The Morgan fingerprint density at radius 3 is 2.61 bits per heavy atom. The van der Waals surface area contributed by atoms with Gasteiger partial charge in [-0.25, -0.2) is 13.4 Å². The molecule has 0 spiro atoms. The summed E-state index contributed by atoms with van der Waals surface area (Å²) in [6.45, 7) is 1.29. The first-order valence-corrected chi connectivity index (χ1v) is 17.1. The van der Waals surface area contributed by atoms with Crippen molar-refractivity contribution >= 4 is 39.0 Å². The summed E-state index contributed by atoms with van der Waals surface area (Å²) in [7, 11) is -4.22. The molecule has 1 saturated heterocycles. The highest BCUT2D eigenvalue weighted by Gasteiger charge is 2.37. The quantitative estimate of drug-likeness (QED) is 0.266. The summed E-state index contributed by atoms with van der Waals surface area (Å²) in [5.74, 6) is -1.13. The van der Waals surface area contributed by atoms with Crippen molar-refractivity contribution in [2.24, 2.45) is 5.92 Å². The van der Waals surface area contributed by atoms with Gasteiger partial charge in [0.15, 0.2) is 12.0 Å². The Hall–Kier alpha value is -3.75. The molecule has 0 bridgehead atoms. The minimum absolute atomic E-state index is 0.0286. The van der Waals surface area contributed by atoms with Gasteiger partial charge in [0.2, 0.25) is 5.91 Å². The number of aromatic nitrogens is 3. The number of rotatable bonds is 9. The fraction of sp³-hybridized carbons (Fsp3) is 0.467. The average molecular weight is 641 g/mol. The van der Waals surface area contributed by atoms with Crippen LogP contribution in [0.3, 0.4) is 0 Å². The van der Waals surface area contributed by atoms with Gasteiger partial charge in [0.05, 0.1) is 24.0 Å².